The van der Waals surface area contributed by atoms with Crippen molar-refractivity contribution in [2.24, 2.45) is 11.3 Å². The molecule has 1 aliphatic carbocycles. The normalized spacial score (nSPS) is 37.2. The van der Waals surface area contributed by atoms with Gasteiger partial charge in [0.05, 0.1) is 6.04 Å². The van der Waals surface area contributed by atoms with Crippen molar-refractivity contribution in [1.29, 1.82) is 0 Å². The van der Waals surface area contributed by atoms with Crippen LogP contribution in [0.1, 0.15) is 37.8 Å². The van der Waals surface area contributed by atoms with Crippen molar-refractivity contribution in [3.8, 4) is 0 Å². The minimum absolute atomic E-state index is 0.220. The molecule has 1 unspecified atom stereocenters. The van der Waals surface area contributed by atoms with Crippen LogP contribution in [0.5, 0.6) is 0 Å². The molecule has 2 heteroatoms. The third-order valence-electron chi connectivity index (χ3n) is 4.07. The molecule has 1 atom stereocenters. The van der Waals surface area contributed by atoms with Gasteiger partial charge in [0, 0.05) is 11.8 Å². The molecule has 2 fully saturated rings. The first kappa shape index (κ1) is 9.88. The second kappa shape index (κ2) is 3.34. The van der Waals surface area contributed by atoms with Crippen LogP contribution >= 0.6 is 0 Å². The molecule has 16 heavy (non-hydrogen) atoms. The molecule has 1 heterocycles. The summed E-state index contributed by atoms with van der Waals surface area (Å²) in [4.78, 5) is 11.6. The molecule has 1 aromatic carbocycles. The van der Waals surface area contributed by atoms with Gasteiger partial charge in [-0.15, -0.1) is 0 Å². The number of amides is 1. The van der Waals surface area contributed by atoms with Crippen LogP contribution in [0.15, 0.2) is 30.3 Å². The predicted octanol–water partition coefficient (Wildman–Crippen LogP) is 2.66. The lowest BCUT2D eigenvalue weighted by Gasteiger charge is -2.47. The van der Waals surface area contributed by atoms with E-state index in [0.29, 0.717) is 0 Å². The molecule has 1 aliphatic heterocycles. The number of hydrogen-bond acceptors (Lipinski definition) is 1. The number of benzene rings is 1. The quantitative estimate of drug-likeness (QED) is 0.766. The van der Waals surface area contributed by atoms with Gasteiger partial charge in [-0.2, -0.15) is 0 Å². The average Bonchev–Trinajstić information content (AvgIpc) is 2.57. The molecule has 1 aromatic rings. The minimum Gasteiger partial charge on any atom is -0.349 e. The molecule has 1 N–H and O–H groups in total. The van der Waals surface area contributed by atoms with Crippen LogP contribution < -0.4 is 5.32 Å². The predicted molar refractivity (Wildman–Crippen MR) is 62.8 cm³/mol. The molecule has 1 amide bonds. The fourth-order valence-electron chi connectivity index (χ4n) is 3.58. The van der Waals surface area contributed by atoms with Crippen LogP contribution in [0, 0.1) is 11.3 Å². The van der Waals surface area contributed by atoms with Gasteiger partial charge in [-0.25, -0.2) is 0 Å². The zero-order valence-electron chi connectivity index (χ0n) is 9.57. The van der Waals surface area contributed by atoms with Crippen molar-refractivity contribution in [1.82, 2.24) is 5.32 Å². The van der Waals surface area contributed by atoms with E-state index in [4.69, 9.17) is 0 Å². The van der Waals surface area contributed by atoms with Crippen molar-refractivity contribution in [2.75, 3.05) is 0 Å². The van der Waals surface area contributed by atoms with Crippen LogP contribution in [0.2, 0.25) is 0 Å². The lowest BCUT2D eigenvalue weighted by Crippen LogP contribution is -2.40. The van der Waals surface area contributed by atoms with E-state index >= 15 is 0 Å². The second-order valence-electron chi connectivity index (χ2n) is 5.46. The molecule has 0 bridgehead atoms. The summed E-state index contributed by atoms with van der Waals surface area (Å²) < 4.78 is 0. The summed E-state index contributed by atoms with van der Waals surface area (Å²) in [6.45, 7) is 2.27. The average molecular weight is 215 g/mol. The van der Waals surface area contributed by atoms with Gasteiger partial charge in [0.15, 0.2) is 0 Å². The molecule has 1 saturated carbocycles. The standard InChI is InChI=1S/C14H17NO/c1-10-7-14(8-10)9-12(16)15-13(14)11-5-3-2-4-6-11/h2-6,10,13H,7-9H2,1H3,(H,15,16). The van der Waals surface area contributed by atoms with Gasteiger partial charge in [-0.05, 0) is 24.3 Å². The van der Waals surface area contributed by atoms with Gasteiger partial charge in [-0.3, -0.25) is 4.79 Å². The molecular weight excluding hydrogens is 198 g/mol. The van der Waals surface area contributed by atoms with Gasteiger partial charge in [0.2, 0.25) is 5.91 Å². The minimum atomic E-state index is 0.220. The van der Waals surface area contributed by atoms with E-state index in [1.807, 2.05) is 6.07 Å². The van der Waals surface area contributed by atoms with Crippen LogP contribution in [-0.4, -0.2) is 5.91 Å². The van der Waals surface area contributed by atoms with Gasteiger partial charge >= 0.3 is 0 Å². The molecule has 1 saturated heterocycles. The Balaban J connectivity index is 1.92. The third-order valence-corrected chi connectivity index (χ3v) is 4.07. The Morgan fingerprint density at radius 1 is 1.25 bits per heavy atom. The summed E-state index contributed by atoms with van der Waals surface area (Å²) >= 11 is 0. The highest BCUT2D eigenvalue weighted by molar-refractivity contribution is 5.80. The zero-order chi connectivity index (χ0) is 11.2. The monoisotopic (exact) mass is 215 g/mol. The molecule has 0 radical (unpaired) electrons. The van der Waals surface area contributed by atoms with Crippen molar-refractivity contribution in [3.63, 3.8) is 0 Å². The summed E-state index contributed by atoms with van der Waals surface area (Å²) in [6, 6.07) is 10.6. The van der Waals surface area contributed by atoms with Crippen LogP contribution in [0.4, 0.5) is 0 Å². The van der Waals surface area contributed by atoms with Crippen LogP contribution in [0.25, 0.3) is 0 Å². The SMILES string of the molecule is CC1CC2(CC(=O)NC2c2ccccc2)C1. The highest BCUT2D eigenvalue weighted by Gasteiger charge is 2.53. The number of carbonyl (C=O) groups is 1. The first-order chi connectivity index (χ1) is 7.70. The summed E-state index contributed by atoms with van der Waals surface area (Å²) in [6.07, 6.45) is 3.09. The first-order valence-electron chi connectivity index (χ1n) is 6.04. The maximum atomic E-state index is 11.6. The third kappa shape index (κ3) is 1.36. The van der Waals surface area contributed by atoms with Gasteiger partial charge in [0.25, 0.3) is 0 Å². The number of nitrogens with one attached hydrogen (secondary N) is 1. The number of carbonyl (C=O) groups excluding carboxylic acids is 1. The Morgan fingerprint density at radius 3 is 2.56 bits per heavy atom. The molecule has 2 aliphatic rings. The van der Waals surface area contributed by atoms with Crippen LogP contribution in [-0.2, 0) is 4.79 Å². The maximum absolute atomic E-state index is 11.6. The zero-order valence-corrected chi connectivity index (χ0v) is 9.57. The number of hydrogen-bond donors (Lipinski definition) is 1. The lowest BCUT2D eigenvalue weighted by atomic mass is 9.58. The highest BCUT2D eigenvalue weighted by Crippen LogP contribution is 2.58. The Morgan fingerprint density at radius 2 is 1.94 bits per heavy atom. The topological polar surface area (TPSA) is 29.1 Å². The molecular formula is C14H17NO. The van der Waals surface area contributed by atoms with E-state index in [0.717, 1.165) is 12.3 Å². The fourth-order valence-corrected chi connectivity index (χ4v) is 3.58. The number of rotatable bonds is 1. The van der Waals surface area contributed by atoms with Gasteiger partial charge in [0.1, 0.15) is 0 Å². The maximum Gasteiger partial charge on any atom is 0.221 e. The highest BCUT2D eigenvalue weighted by atomic mass is 16.2. The summed E-state index contributed by atoms with van der Waals surface area (Å²) in [7, 11) is 0. The van der Waals surface area contributed by atoms with Gasteiger partial charge in [-0.1, -0.05) is 37.3 Å². The fraction of sp³-hybridized carbons (Fsp3) is 0.500. The summed E-state index contributed by atoms with van der Waals surface area (Å²) in [5.41, 5.74) is 1.48. The molecule has 1 spiro atoms. The molecule has 3 rings (SSSR count). The van der Waals surface area contributed by atoms with E-state index in [2.05, 4.69) is 36.5 Å². The first-order valence-corrected chi connectivity index (χ1v) is 6.04. The molecule has 0 aromatic heterocycles. The van der Waals surface area contributed by atoms with Crippen molar-refractivity contribution in [2.45, 2.75) is 32.2 Å². The lowest BCUT2D eigenvalue weighted by molar-refractivity contribution is -0.120. The Hall–Kier alpha value is -1.31. The molecule has 84 valence electrons. The van der Waals surface area contributed by atoms with Crippen LogP contribution in [0.3, 0.4) is 0 Å². The van der Waals surface area contributed by atoms with E-state index in [-0.39, 0.29) is 17.4 Å². The van der Waals surface area contributed by atoms with E-state index < -0.39 is 0 Å². The van der Waals surface area contributed by atoms with E-state index in [9.17, 15) is 4.79 Å². The summed E-state index contributed by atoms with van der Waals surface area (Å²) in [5.74, 6) is 1.000. The second-order valence-corrected chi connectivity index (χ2v) is 5.46. The van der Waals surface area contributed by atoms with E-state index in [1.54, 1.807) is 0 Å². The Bertz CT molecular complexity index is 406. The summed E-state index contributed by atoms with van der Waals surface area (Å²) in [5, 5.41) is 3.14. The van der Waals surface area contributed by atoms with Crippen molar-refractivity contribution < 1.29 is 4.79 Å². The van der Waals surface area contributed by atoms with Crippen molar-refractivity contribution in [3.05, 3.63) is 35.9 Å². The van der Waals surface area contributed by atoms with Crippen molar-refractivity contribution >= 4 is 5.91 Å². The van der Waals surface area contributed by atoms with Gasteiger partial charge < -0.3 is 5.32 Å². The smallest absolute Gasteiger partial charge is 0.221 e. The molecule has 2 nitrogen and oxygen atoms in total. The Labute approximate surface area is 96.1 Å². The Kier molecular flexibility index (Phi) is 2.06. The largest absolute Gasteiger partial charge is 0.349 e. The van der Waals surface area contributed by atoms with E-state index in [1.165, 1.54) is 18.4 Å².